The summed E-state index contributed by atoms with van der Waals surface area (Å²) in [5, 5.41) is 12.8. The molecule has 4 heterocycles. The Morgan fingerprint density at radius 3 is 2.82 bits per heavy atom. The fraction of sp³-hybridized carbons (Fsp3) is 0.519. The largest absolute Gasteiger partial charge is 0.496 e. The normalized spacial score (nSPS) is 17.1. The van der Waals surface area contributed by atoms with Crippen molar-refractivity contribution >= 4 is 28.9 Å². The third-order valence-corrected chi connectivity index (χ3v) is 7.34. The van der Waals surface area contributed by atoms with Gasteiger partial charge in [-0.3, -0.25) is 4.90 Å². The zero-order valence-corrected chi connectivity index (χ0v) is 22.2. The fourth-order valence-electron chi connectivity index (χ4n) is 5.50. The third-order valence-electron chi connectivity index (χ3n) is 7.34. The Hall–Kier alpha value is -3.57. The minimum atomic E-state index is -0.878. The van der Waals surface area contributed by atoms with Crippen LogP contribution >= 0.6 is 0 Å². The number of anilines is 2. The number of likely N-dealkylation sites (tertiary alicyclic amines) is 1. The van der Waals surface area contributed by atoms with Gasteiger partial charge in [0.2, 0.25) is 5.95 Å². The molecular formula is C27H37N7O4. The van der Waals surface area contributed by atoms with E-state index in [1.165, 1.54) is 4.90 Å². The van der Waals surface area contributed by atoms with Crippen molar-refractivity contribution in [1.29, 1.82) is 0 Å². The number of methoxy groups -OCH3 is 1. The Kier molecular flexibility index (Phi) is 7.57. The van der Waals surface area contributed by atoms with Crippen molar-refractivity contribution in [3.63, 3.8) is 0 Å². The molecule has 2 saturated heterocycles. The minimum Gasteiger partial charge on any atom is -0.496 e. The van der Waals surface area contributed by atoms with E-state index in [0.717, 1.165) is 66.1 Å². The van der Waals surface area contributed by atoms with E-state index >= 15 is 0 Å². The summed E-state index contributed by atoms with van der Waals surface area (Å²) >= 11 is 0. The second kappa shape index (κ2) is 11.0. The maximum atomic E-state index is 11.4. The molecule has 11 heteroatoms. The van der Waals surface area contributed by atoms with Crippen molar-refractivity contribution in [1.82, 2.24) is 24.3 Å². The van der Waals surface area contributed by atoms with E-state index in [2.05, 4.69) is 49.9 Å². The number of nitrogens with zero attached hydrogens (tertiary/aromatic N) is 5. The number of carboxylic acid groups (broad SMARTS) is 1. The van der Waals surface area contributed by atoms with Gasteiger partial charge in [0.15, 0.2) is 5.82 Å². The number of hydrogen-bond donors (Lipinski definition) is 3. The van der Waals surface area contributed by atoms with Crippen LogP contribution in [0.25, 0.3) is 11.0 Å². The Morgan fingerprint density at radius 2 is 2.05 bits per heavy atom. The maximum Gasteiger partial charge on any atom is 0.407 e. The Morgan fingerprint density at radius 1 is 1.21 bits per heavy atom. The zero-order valence-electron chi connectivity index (χ0n) is 22.2. The topological polar surface area (TPSA) is 131 Å². The molecule has 0 radical (unpaired) electrons. The van der Waals surface area contributed by atoms with Crippen LogP contribution in [-0.2, 0) is 17.8 Å². The number of fused-ring (bicyclic) bond motifs is 1. The molecule has 1 spiro atoms. The van der Waals surface area contributed by atoms with Gasteiger partial charge in [-0.2, -0.15) is 4.98 Å². The van der Waals surface area contributed by atoms with E-state index < -0.39 is 6.09 Å². The summed E-state index contributed by atoms with van der Waals surface area (Å²) in [5.41, 5.74) is 9.51. The lowest BCUT2D eigenvalue weighted by Gasteiger charge is -2.53. The van der Waals surface area contributed by atoms with Gasteiger partial charge >= 0.3 is 6.09 Å². The zero-order chi connectivity index (χ0) is 26.7. The molecule has 1 amide bonds. The smallest absolute Gasteiger partial charge is 0.407 e. The molecule has 3 aromatic rings. The van der Waals surface area contributed by atoms with E-state index in [1.807, 2.05) is 12.3 Å². The highest BCUT2D eigenvalue weighted by Gasteiger charge is 2.48. The van der Waals surface area contributed by atoms with E-state index in [-0.39, 0.29) is 11.5 Å². The maximum absolute atomic E-state index is 11.4. The second-order valence-corrected chi connectivity index (χ2v) is 10.3. The molecule has 11 nitrogen and oxygen atoms in total. The number of nitrogens with one attached hydrogen (secondary N) is 1. The van der Waals surface area contributed by atoms with Crippen molar-refractivity contribution < 1.29 is 19.4 Å². The lowest BCUT2D eigenvalue weighted by Crippen LogP contribution is -2.70. The SMILES string of the molecule is CCCCCNc1nc(N)nc2ccn(Cc3ccc(CN4CC5(C4)CN(C(=O)O)CCO5)cc3OC)c12. The van der Waals surface area contributed by atoms with Gasteiger partial charge in [-0.05, 0) is 24.1 Å². The average Bonchev–Trinajstić information content (AvgIpc) is 3.28. The quantitative estimate of drug-likeness (QED) is 0.343. The predicted molar refractivity (Wildman–Crippen MR) is 146 cm³/mol. The lowest BCUT2D eigenvalue weighted by atomic mass is 9.91. The highest BCUT2D eigenvalue weighted by atomic mass is 16.5. The van der Waals surface area contributed by atoms with Gasteiger partial charge in [-0.25, -0.2) is 9.78 Å². The molecule has 1 aromatic carbocycles. The Balaban J connectivity index is 1.27. The first-order valence-electron chi connectivity index (χ1n) is 13.3. The summed E-state index contributed by atoms with van der Waals surface area (Å²) in [6.45, 7) is 7.12. The Bertz CT molecular complexity index is 1290. The average molecular weight is 524 g/mol. The molecule has 0 unspecified atom stereocenters. The summed E-state index contributed by atoms with van der Waals surface area (Å²) in [7, 11) is 1.69. The van der Waals surface area contributed by atoms with Crippen LogP contribution in [0.4, 0.5) is 16.6 Å². The molecule has 0 atom stereocenters. The number of nitrogens with two attached hydrogens (primary N) is 1. The van der Waals surface area contributed by atoms with Crippen molar-refractivity contribution in [2.45, 2.75) is 44.9 Å². The van der Waals surface area contributed by atoms with Crippen molar-refractivity contribution in [2.75, 3.05) is 57.5 Å². The van der Waals surface area contributed by atoms with Crippen LogP contribution in [0.1, 0.15) is 37.3 Å². The van der Waals surface area contributed by atoms with Gasteiger partial charge in [0.25, 0.3) is 0 Å². The van der Waals surface area contributed by atoms with Crippen LogP contribution in [0.2, 0.25) is 0 Å². The molecule has 2 aliphatic heterocycles. The first kappa shape index (κ1) is 26.1. The highest BCUT2D eigenvalue weighted by Crippen LogP contribution is 2.32. The number of benzene rings is 1. The summed E-state index contributed by atoms with van der Waals surface area (Å²) in [6.07, 6.45) is 4.52. The van der Waals surface area contributed by atoms with Gasteiger partial charge in [0, 0.05) is 44.5 Å². The van der Waals surface area contributed by atoms with E-state index in [4.69, 9.17) is 15.2 Å². The number of aromatic nitrogens is 3. The number of rotatable bonds is 10. The van der Waals surface area contributed by atoms with Crippen molar-refractivity contribution in [3.05, 3.63) is 41.6 Å². The van der Waals surface area contributed by atoms with Crippen LogP contribution in [0.3, 0.4) is 0 Å². The first-order valence-corrected chi connectivity index (χ1v) is 13.3. The van der Waals surface area contributed by atoms with Gasteiger partial charge in [0.1, 0.15) is 16.9 Å². The highest BCUT2D eigenvalue weighted by molar-refractivity contribution is 5.87. The van der Waals surface area contributed by atoms with Crippen LogP contribution < -0.4 is 15.8 Å². The molecule has 2 aromatic heterocycles. The summed E-state index contributed by atoms with van der Waals surface area (Å²) < 4.78 is 13.9. The van der Waals surface area contributed by atoms with Gasteiger partial charge < -0.3 is 35.1 Å². The molecule has 5 rings (SSSR count). The van der Waals surface area contributed by atoms with Crippen LogP contribution in [0.15, 0.2) is 30.5 Å². The molecule has 0 aliphatic carbocycles. The monoisotopic (exact) mass is 523 g/mol. The van der Waals surface area contributed by atoms with Gasteiger partial charge in [-0.15, -0.1) is 0 Å². The molecule has 2 fully saturated rings. The predicted octanol–water partition coefficient (Wildman–Crippen LogP) is 3.24. The summed E-state index contributed by atoms with van der Waals surface area (Å²) in [6, 6.07) is 8.27. The van der Waals surface area contributed by atoms with Crippen molar-refractivity contribution in [2.24, 2.45) is 0 Å². The van der Waals surface area contributed by atoms with E-state index in [1.54, 1.807) is 7.11 Å². The number of amides is 1. The van der Waals surface area contributed by atoms with Crippen molar-refractivity contribution in [3.8, 4) is 5.75 Å². The molecule has 38 heavy (non-hydrogen) atoms. The molecule has 0 bridgehead atoms. The molecule has 204 valence electrons. The third kappa shape index (κ3) is 5.48. The van der Waals surface area contributed by atoms with Crippen LogP contribution in [-0.4, -0.2) is 87.6 Å². The minimum absolute atomic E-state index is 0.261. The molecule has 2 aliphatic rings. The number of unbranched alkanes of at least 4 members (excludes halogenated alkanes) is 2. The van der Waals surface area contributed by atoms with Crippen LogP contribution in [0.5, 0.6) is 5.75 Å². The van der Waals surface area contributed by atoms with Crippen LogP contribution in [0, 0.1) is 0 Å². The number of morpholine rings is 1. The van der Waals surface area contributed by atoms with Gasteiger partial charge in [-0.1, -0.05) is 31.9 Å². The van der Waals surface area contributed by atoms with E-state index in [0.29, 0.717) is 39.3 Å². The second-order valence-electron chi connectivity index (χ2n) is 10.3. The molecular weight excluding hydrogens is 486 g/mol. The Labute approximate surface area is 222 Å². The number of ether oxygens (including phenoxy) is 2. The summed E-state index contributed by atoms with van der Waals surface area (Å²) in [5.74, 6) is 1.83. The number of nitrogen functional groups attached to an aromatic ring is 1. The first-order chi connectivity index (χ1) is 18.4. The number of carbonyl (C=O) groups is 1. The van der Waals surface area contributed by atoms with Gasteiger partial charge in [0.05, 0.1) is 32.3 Å². The standard InChI is InChI=1S/C27H37N7O4/c1-3-4-5-9-29-24-23-21(30-25(28)31-24)8-10-33(23)15-20-7-6-19(13-22(20)37-2)14-32-16-27(17-32)18-34(26(35)36)11-12-38-27/h6-8,10,13H,3-5,9,11-12,14-18H2,1-2H3,(H,35,36)(H3,28,29,30,31). The fourth-order valence-corrected chi connectivity index (χ4v) is 5.50. The summed E-state index contributed by atoms with van der Waals surface area (Å²) in [4.78, 5) is 24.0. The number of hydrogen-bond acceptors (Lipinski definition) is 8. The lowest BCUT2D eigenvalue weighted by molar-refractivity contribution is -0.180. The molecule has 4 N–H and O–H groups in total. The molecule has 0 saturated carbocycles. The van der Waals surface area contributed by atoms with E-state index in [9.17, 15) is 9.90 Å².